The summed E-state index contributed by atoms with van der Waals surface area (Å²) >= 11 is 0. The number of nitrogens with one attached hydrogen (secondary N) is 2. The summed E-state index contributed by atoms with van der Waals surface area (Å²) in [5.74, 6) is -0.478. The highest BCUT2D eigenvalue weighted by molar-refractivity contribution is 7.89. The van der Waals surface area contributed by atoms with E-state index in [1.807, 2.05) is 0 Å². The molecule has 10 heteroatoms. The van der Waals surface area contributed by atoms with Crippen LogP contribution in [0.1, 0.15) is 36.0 Å². The molecule has 2 N–H and O–H groups in total. The molecular formula is C20H23N3O5S2. The van der Waals surface area contributed by atoms with E-state index in [1.54, 1.807) is 0 Å². The minimum atomic E-state index is -3.66. The standard InChI is InChI=1S/C20H23N3O5S2/c24-20(15-4-3-5-19(14-15)29(25,26)22-17-6-7-17)21-16-8-10-18(11-9-16)30(27,28)23-12-1-2-13-23/h3-5,8-11,14,17,22H,1-2,6-7,12-13H2,(H,21,24). The smallest absolute Gasteiger partial charge is 0.255 e. The maximum absolute atomic E-state index is 12.6. The Balaban J connectivity index is 1.47. The molecule has 1 aliphatic heterocycles. The molecule has 1 aliphatic carbocycles. The molecule has 160 valence electrons. The lowest BCUT2D eigenvalue weighted by molar-refractivity contribution is 0.102. The second kappa shape index (κ2) is 8.10. The fourth-order valence-corrected chi connectivity index (χ4v) is 6.15. The predicted molar refractivity (Wildman–Crippen MR) is 112 cm³/mol. The van der Waals surface area contributed by atoms with E-state index in [0.717, 1.165) is 25.7 Å². The van der Waals surface area contributed by atoms with Gasteiger partial charge in [0.2, 0.25) is 20.0 Å². The number of hydrogen-bond acceptors (Lipinski definition) is 5. The molecule has 2 fully saturated rings. The van der Waals surface area contributed by atoms with Crippen LogP contribution in [0.5, 0.6) is 0 Å². The van der Waals surface area contributed by atoms with E-state index < -0.39 is 26.0 Å². The van der Waals surface area contributed by atoms with E-state index in [-0.39, 0.29) is 21.4 Å². The van der Waals surface area contributed by atoms with Crippen molar-refractivity contribution in [1.82, 2.24) is 9.03 Å². The molecule has 0 radical (unpaired) electrons. The van der Waals surface area contributed by atoms with E-state index in [2.05, 4.69) is 10.0 Å². The van der Waals surface area contributed by atoms with Gasteiger partial charge < -0.3 is 5.32 Å². The summed E-state index contributed by atoms with van der Waals surface area (Å²) in [4.78, 5) is 12.8. The fraction of sp³-hybridized carbons (Fsp3) is 0.350. The number of amides is 1. The largest absolute Gasteiger partial charge is 0.322 e. The molecule has 0 bridgehead atoms. The van der Waals surface area contributed by atoms with Gasteiger partial charge >= 0.3 is 0 Å². The van der Waals surface area contributed by atoms with Crippen LogP contribution in [0.4, 0.5) is 5.69 Å². The van der Waals surface area contributed by atoms with Crippen LogP contribution in [0.25, 0.3) is 0 Å². The van der Waals surface area contributed by atoms with E-state index >= 15 is 0 Å². The molecular weight excluding hydrogens is 426 g/mol. The van der Waals surface area contributed by atoms with Crippen LogP contribution in [0, 0.1) is 0 Å². The maximum atomic E-state index is 12.6. The van der Waals surface area contributed by atoms with Crippen molar-refractivity contribution in [3.8, 4) is 0 Å². The molecule has 2 aliphatic rings. The van der Waals surface area contributed by atoms with Crippen molar-refractivity contribution in [2.75, 3.05) is 18.4 Å². The summed E-state index contributed by atoms with van der Waals surface area (Å²) < 4.78 is 53.9. The Morgan fingerprint density at radius 1 is 0.900 bits per heavy atom. The number of benzene rings is 2. The molecule has 1 saturated carbocycles. The third-order valence-corrected chi connectivity index (χ3v) is 8.55. The highest BCUT2D eigenvalue weighted by atomic mass is 32.2. The number of carbonyl (C=O) groups is 1. The van der Waals surface area contributed by atoms with Crippen LogP contribution >= 0.6 is 0 Å². The quantitative estimate of drug-likeness (QED) is 0.673. The molecule has 8 nitrogen and oxygen atoms in total. The molecule has 0 spiro atoms. The molecule has 2 aromatic carbocycles. The summed E-state index contributed by atoms with van der Waals surface area (Å²) in [6.45, 7) is 1.05. The average molecular weight is 450 g/mol. The second-order valence-corrected chi connectivity index (χ2v) is 11.2. The fourth-order valence-electron chi connectivity index (χ4n) is 3.28. The summed E-state index contributed by atoms with van der Waals surface area (Å²) in [7, 11) is -7.17. The first-order valence-electron chi connectivity index (χ1n) is 9.80. The van der Waals surface area contributed by atoms with Gasteiger partial charge in [-0.1, -0.05) is 6.07 Å². The van der Waals surface area contributed by atoms with Crippen molar-refractivity contribution in [2.24, 2.45) is 0 Å². The zero-order valence-corrected chi connectivity index (χ0v) is 17.9. The van der Waals surface area contributed by atoms with Crippen LogP contribution in [-0.2, 0) is 20.0 Å². The highest BCUT2D eigenvalue weighted by Gasteiger charge is 2.29. The van der Waals surface area contributed by atoms with Crippen LogP contribution in [0.15, 0.2) is 58.3 Å². The predicted octanol–water partition coefficient (Wildman–Crippen LogP) is 2.16. The Morgan fingerprint density at radius 3 is 2.20 bits per heavy atom. The van der Waals surface area contributed by atoms with E-state index in [1.165, 1.54) is 52.8 Å². The van der Waals surface area contributed by atoms with Crippen molar-refractivity contribution in [3.63, 3.8) is 0 Å². The molecule has 2 aromatic rings. The first kappa shape index (κ1) is 21.0. The van der Waals surface area contributed by atoms with Gasteiger partial charge in [0.15, 0.2) is 0 Å². The Bertz CT molecular complexity index is 1150. The minimum Gasteiger partial charge on any atom is -0.322 e. The van der Waals surface area contributed by atoms with Gasteiger partial charge in [-0.05, 0) is 68.1 Å². The molecule has 1 heterocycles. The number of rotatable bonds is 7. The normalized spacial score (nSPS) is 17.7. The monoisotopic (exact) mass is 449 g/mol. The lowest BCUT2D eigenvalue weighted by Crippen LogP contribution is -2.27. The maximum Gasteiger partial charge on any atom is 0.255 e. The van der Waals surface area contributed by atoms with Crippen molar-refractivity contribution >= 4 is 31.6 Å². The van der Waals surface area contributed by atoms with Crippen LogP contribution in [0.3, 0.4) is 0 Å². The molecule has 1 saturated heterocycles. The highest BCUT2D eigenvalue weighted by Crippen LogP contribution is 2.24. The van der Waals surface area contributed by atoms with Crippen molar-refractivity contribution in [2.45, 2.75) is 41.5 Å². The van der Waals surface area contributed by atoms with Crippen LogP contribution in [0.2, 0.25) is 0 Å². The Hall–Kier alpha value is -2.27. The van der Waals surface area contributed by atoms with E-state index in [4.69, 9.17) is 0 Å². The van der Waals surface area contributed by atoms with Gasteiger partial charge in [-0.25, -0.2) is 21.6 Å². The van der Waals surface area contributed by atoms with Crippen molar-refractivity contribution in [1.29, 1.82) is 0 Å². The number of nitrogens with zero attached hydrogens (tertiary/aromatic N) is 1. The first-order chi connectivity index (χ1) is 14.3. The van der Waals surface area contributed by atoms with Gasteiger partial charge in [-0.15, -0.1) is 0 Å². The Kier molecular flexibility index (Phi) is 5.67. The summed E-state index contributed by atoms with van der Waals surface area (Å²) in [6.07, 6.45) is 3.36. The van der Waals surface area contributed by atoms with E-state index in [0.29, 0.717) is 18.8 Å². The number of anilines is 1. The second-order valence-electron chi connectivity index (χ2n) is 7.51. The molecule has 4 rings (SSSR count). The van der Waals surface area contributed by atoms with Crippen molar-refractivity contribution < 1.29 is 21.6 Å². The van der Waals surface area contributed by atoms with Gasteiger partial charge in [-0.3, -0.25) is 4.79 Å². The van der Waals surface area contributed by atoms with Gasteiger partial charge in [0.1, 0.15) is 0 Å². The third kappa shape index (κ3) is 4.56. The van der Waals surface area contributed by atoms with Gasteiger partial charge in [0.25, 0.3) is 5.91 Å². The van der Waals surface area contributed by atoms with Crippen LogP contribution < -0.4 is 10.0 Å². The number of sulfonamides is 2. The lowest BCUT2D eigenvalue weighted by atomic mass is 10.2. The van der Waals surface area contributed by atoms with Gasteiger partial charge in [0, 0.05) is 30.4 Å². The van der Waals surface area contributed by atoms with Crippen molar-refractivity contribution in [3.05, 3.63) is 54.1 Å². The number of carbonyl (C=O) groups excluding carboxylic acids is 1. The van der Waals surface area contributed by atoms with E-state index in [9.17, 15) is 21.6 Å². The zero-order valence-electron chi connectivity index (χ0n) is 16.2. The topological polar surface area (TPSA) is 113 Å². The molecule has 0 aromatic heterocycles. The van der Waals surface area contributed by atoms with Gasteiger partial charge in [-0.2, -0.15) is 4.31 Å². The number of hydrogen-bond donors (Lipinski definition) is 2. The Morgan fingerprint density at radius 2 is 1.57 bits per heavy atom. The summed E-state index contributed by atoms with van der Waals surface area (Å²) in [5, 5.41) is 2.68. The SMILES string of the molecule is O=C(Nc1ccc(S(=O)(=O)N2CCCC2)cc1)c1cccc(S(=O)(=O)NC2CC2)c1. The molecule has 0 atom stereocenters. The van der Waals surface area contributed by atoms with Crippen LogP contribution in [-0.4, -0.2) is 46.2 Å². The Labute approximate surface area is 176 Å². The lowest BCUT2D eigenvalue weighted by Gasteiger charge is -2.15. The minimum absolute atomic E-state index is 0.0252. The third-order valence-electron chi connectivity index (χ3n) is 5.12. The summed E-state index contributed by atoms with van der Waals surface area (Å²) in [5.41, 5.74) is 0.618. The van der Waals surface area contributed by atoms with Gasteiger partial charge in [0.05, 0.1) is 9.79 Å². The molecule has 0 unspecified atom stereocenters. The first-order valence-corrected chi connectivity index (χ1v) is 12.7. The zero-order chi connectivity index (χ0) is 21.4. The average Bonchev–Trinajstić information content (AvgIpc) is 3.34. The summed E-state index contributed by atoms with van der Waals surface area (Å²) in [6, 6.07) is 11.8. The molecule has 1 amide bonds. The molecule has 30 heavy (non-hydrogen) atoms.